The summed E-state index contributed by atoms with van der Waals surface area (Å²) in [5, 5.41) is 4.40. The van der Waals surface area contributed by atoms with Gasteiger partial charge >= 0.3 is 10.6 Å². The molecule has 2 heterocycles. The number of piperazine rings is 1. The van der Waals surface area contributed by atoms with Crippen LogP contribution >= 0.6 is 0 Å². The fourth-order valence-corrected chi connectivity index (χ4v) is 3.08. The quantitative estimate of drug-likeness (QED) is 0.331. The molecule has 0 unspecified atom stereocenters. The number of carbonyl (C=O) groups is 1. The van der Waals surface area contributed by atoms with Gasteiger partial charge in [-0.2, -0.15) is 0 Å². The SMILES string of the molecule is O=C1C=CC(=CC=C2C=CN(N3CCN(C([S-])[S-])CC3)C=C2)C=C1.O=S(=O)=O.[Au]. The van der Waals surface area contributed by atoms with Gasteiger partial charge < -0.3 is 30.2 Å². The van der Waals surface area contributed by atoms with Gasteiger partial charge in [0, 0.05) is 61.0 Å². The van der Waals surface area contributed by atoms with Crippen LogP contribution in [0.3, 0.4) is 0 Å². The minimum Gasteiger partial charge on any atom is -0.800 e. The van der Waals surface area contributed by atoms with Crippen LogP contribution in [0, 0.1) is 0 Å². The van der Waals surface area contributed by atoms with Crippen molar-refractivity contribution in [3.63, 3.8) is 0 Å². The molecule has 3 aliphatic rings. The maximum atomic E-state index is 11.1. The second-order valence-electron chi connectivity index (χ2n) is 5.91. The molecule has 1 fully saturated rings. The van der Waals surface area contributed by atoms with Gasteiger partial charge in [-0.1, -0.05) is 24.3 Å². The minimum atomic E-state index is -3.11. The molecular weight excluding hydrogens is 615 g/mol. The number of hydrogen-bond donors (Lipinski definition) is 0. The van der Waals surface area contributed by atoms with E-state index in [2.05, 4.69) is 39.5 Å². The molecule has 29 heavy (non-hydrogen) atoms. The molecule has 0 atom stereocenters. The third-order valence-corrected chi connectivity index (χ3v) is 4.70. The van der Waals surface area contributed by atoms with E-state index in [1.807, 2.05) is 24.3 Å². The van der Waals surface area contributed by atoms with Crippen molar-refractivity contribution in [1.82, 2.24) is 14.9 Å². The van der Waals surface area contributed by atoms with Gasteiger partial charge in [0.1, 0.15) is 0 Å². The summed E-state index contributed by atoms with van der Waals surface area (Å²) >= 11 is 10.3. The Morgan fingerprint density at radius 1 is 0.828 bits per heavy atom. The molecule has 7 nitrogen and oxygen atoms in total. The van der Waals surface area contributed by atoms with Crippen molar-refractivity contribution in [1.29, 1.82) is 0 Å². The van der Waals surface area contributed by atoms with Crippen molar-refractivity contribution in [2.24, 2.45) is 0 Å². The summed E-state index contributed by atoms with van der Waals surface area (Å²) in [6.07, 6.45) is 19.1. The smallest absolute Gasteiger partial charge is 0.425 e. The molecule has 1 aliphatic carbocycles. The van der Waals surface area contributed by atoms with Gasteiger partial charge in [0.2, 0.25) is 0 Å². The van der Waals surface area contributed by atoms with Crippen LogP contribution < -0.4 is 0 Å². The zero-order valence-electron chi connectivity index (χ0n) is 15.2. The average Bonchev–Trinajstić information content (AvgIpc) is 2.68. The molecule has 2 aliphatic heterocycles. The van der Waals surface area contributed by atoms with Crippen LogP contribution in [0.25, 0.3) is 0 Å². The summed E-state index contributed by atoms with van der Waals surface area (Å²) in [7, 11) is -3.11. The van der Waals surface area contributed by atoms with Gasteiger partial charge in [-0.25, -0.2) is 9.71 Å². The van der Waals surface area contributed by atoms with E-state index >= 15 is 0 Å². The molecular formula is C18H19AuN3O4S3-2. The first-order valence-corrected chi connectivity index (χ1v) is 10.3. The van der Waals surface area contributed by atoms with Gasteiger partial charge in [-0.3, -0.25) is 9.80 Å². The van der Waals surface area contributed by atoms with E-state index in [9.17, 15) is 4.79 Å². The number of allylic oxidation sites excluding steroid dienone is 10. The van der Waals surface area contributed by atoms with Crippen LogP contribution in [0.2, 0.25) is 0 Å². The zero-order valence-corrected chi connectivity index (χ0v) is 19.8. The molecule has 161 valence electrons. The monoisotopic (exact) mass is 634 g/mol. The van der Waals surface area contributed by atoms with Crippen LogP contribution in [-0.4, -0.2) is 64.2 Å². The largest absolute Gasteiger partial charge is 0.800 e. The van der Waals surface area contributed by atoms with Gasteiger partial charge in [0.25, 0.3) is 0 Å². The van der Waals surface area contributed by atoms with Crippen molar-refractivity contribution in [3.8, 4) is 0 Å². The van der Waals surface area contributed by atoms with E-state index in [1.165, 1.54) is 0 Å². The Hall–Kier alpha value is -1.11. The Bertz CT molecular complexity index is 828. The summed E-state index contributed by atoms with van der Waals surface area (Å²) in [5.74, 6) is 0.0337. The van der Waals surface area contributed by atoms with Crippen molar-refractivity contribution < 1.29 is 39.8 Å². The van der Waals surface area contributed by atoms with Crippen LogP contribution in [0.15, 0.2) is 72.2 Å². The molecule has 0 amide bonds. The molecule has 0 spiro atoms. The Labute approximate surface area is 198 Å². The third kappa shape index (κ3) is 9.49. The molecule has 0 aromatic carbocycles. The molecule has 0 bridgehead atoms. The molecule has 0 aromatic rings. The van der Waals surface area contributed by atoms with E-state index in [0.29, 0.717) is 0 Å². The van der Waals surface area contributed by atoms with Gasteiger partial charge in [-0.15, -0.1) is 12.6 Å². The van der Waals surface area contributed by atoms with Crippen molar-refractivity contribution in [2.45, 2.75) is 4.71 Å². The van der Waals surface area contributed by atoms with E-state index in [-0.39, 0.29) is 32.9 Å². The predicted octanol–water partition coefficient (Wildman–Crippen LogP) is 0.781. The molecule has 0 aromatic heterocycles. The van der Waals surface area contributed by atoms with E-state index in [0.717, 1.165) is 37.3 Å². The molecule has 1 radical (unpaired) electrons. The Kier molecular flexibility index (Phi) is 11.8. The first-order chi connectivity index (χ1) is 13.3. The van der Waals surface area contributed by atoms with Gasteiger partial charge in [0.15, 0.2) is 5.78 Å². The van der Waals surface area contributed by atoms with Crippen LogP contribution in [-0.2, 0) is 63.0 Å². The van der Waals surface area contributed by atoms with Crippen LogP contribution in [0.5, 0.6) is 0 Å². The predicted molar refractivity (Wildman–Crippen MR) is 111 cm³/mol. The second kappa shape index (κ2) is 13.2. The molecule has 0 N–H and O–H groups in total. The van der Waals surface area contributed by atoms with Crippen molar-refractivity contribution in [3.05, 3.63) is 72.2 Å². The minimum absolute atomic E-state index is 0. The van der Waals surface area contributed by atoms with Crippen LogP contribution in [0.1, 0.15) is 0 Å². The van der Waals surface area contributed by atoms with Crippen molar-refractivity contribution >= 4 is 41.6 Å². The normalized spacial score (nSPS) is 19.0. The number of rotatable bonds is 3. The van der Waals surface area contributed by atoms with Gasteiger partial charge in [0.05, 0.1) is 0 Å². The summed E-state index contributed by atoms with van der Waals surface area (Å²) in [5.41, 5.74) is 2.14. The summed E-state index contributed by atoms with van der Waals surface area (Å²) < 4.78 is 25.1. The molecule has 11 heteroatoms. The number of hydrazine groups is 1. The summed E-state index contributed by atoms with van der Waals surface area (Å²) in [4.78, 5) is 13.2. The molecule has 0 saturated carbocycles. The fraction of sp³-hybridized carbons (Fsp3) is 0.278. The molecule has 1 saturated heterocycles. The molecule has 3 rings (SSSR count). The Balaban J connectivity index is 0.000000771. The van der Waals surface area contributed by atoms with Gasteiger partial charge in [-0.05, 0) is 35.5 Å². The fourth-order valence-electron chi connectivity index (χ4n) is 2.65. The van der Waals surface area contributed by atoms with Crippen molar-refractivity contribution in [2.75, 3.05) is 26.2 Å². The topological polar surface area (TPSA) is 78.0 Å². The number of hydrogen-bond acceptors (Lipinski definition) is 9. The second-order valence-corrected chi connectivity index (χ2v) is 7.51. The van der Waals surface area contributed by atoms with E-state index in [1.54, 1.807) is 12.2 Å². The average molecular weight is 635 g/mol. The first kappa shape index (κ1) is 25.9. The Morgan fingerprint density at radius 2 is 1.28 bits per heavy atom. The maximum Gasteiger partial charge on any atom is 0.425 e. The van der Waals surface area contributed by atoms with E-state index < -0.39 is 10.6 Å². The number of nitrogens with zero attached hydrogens (tertiary/aromatic N) is 3. The number of carbonyl (C=O) groups excluding carboxylic acids is 1. The third-order valence-electron chi connectivity index (χ3n) is 4.10. The summed E-state index contributed by atoms with van der Waals surface area (Å²) in [6.45, 7) is 3.65. The Morgan fingerprint density at radius 3 is 1.72 bits per heavy atom. The number of ketones is 1. The standard InChI is InChI=1S/C18H21N3OS2.Au.O3S/c22-17-5-3-15(4-6-17)1-2-16-7-9-20(10-8-16)21-13-11-19(12-14-21)18(23)24;;1-4(2)3/h1-10,18,23-24H,11-14H2;;/p-2. The summed E-state index contributed by atoms with van der Waals surface area (Å²) in [6, 6.07) is 0. The van der Waals surface area contributed by atoms with Crippen LogP contribution in [0.4, 0.5) is 0 Å². The zero-order chi connectivity index (χ0) is 20.5. The first-order valence-electron chi connectivity index (χ1n) is 8.39. The maximum absolute atomic E-state index is 11.1. The van der Waals surface area contributed by atoms with E-state index in [4.69, 9.17) is 37.9 Å².